The Kier molecular flexibility index (Phi) is 4.83. The summed E-state index contributed by atoms with van der Waals surface area (Å²) in [5.41, 5.74) is 2.03. The molecule has 0 radical (unpaired) electrons. The van der Waals surface area contributed by atoms with Gasteiger partial charge in [0.15, 0.2) is 11.5 Å². The summed E-state index contributed by atoms with van der Waals surface area (Å²) < 4.78 is 43.4. The molecule has 146 valence electrons. The number of hydrogen-bond acceptors (Lipinski definition) is 6. The van der Waals surface area contributed by atoms with Gasteiger partial charge < -0.3 is 19.1 Å². The maximum atomic E-state index is 13.0. The first-order chi connectivity index (χ1) is 13.0. The Morgan fingerprint density at radius 1 is 1.07 bits per heavy atom. The fourth-order valence-corrected chi connectivity index (χ4v) is 5.02. The molecule has 0 N–H and O–H groups in total. The molecule has 0 atom stereocenters. The second-order valence-electron chi connectivity index (χ2n) is 6.78. The topological polar surface area (TPSA) is 85.4 Å². The molecule has 9 heteroatoms. The average Bonchev–Trinajstić information content (AvgIpc) is 3.25. The lowest BCUT2D eigenvalue weighted by Crippen LogP contribution is -2.36. The van der Waals surface area contributed by atoms with Crippen LogP contribution in [-0.4, -0.2) is 76.6 Å². The maximum absolute atomic E-state index is 13.0. The molecular weight excluding hydrogens is 372 g/mol. The molecule has 1 aromatic carbocycles. The minimum atomic E-state index is -3.63. The van der Waals surface area contributed by atoms with E-state index in [0.717, 1.165) is 11.1 Å². The summed E-state index contributed by atoms with van der Waals surface area (Å²) in [5.74, 6) is 1.05. The molecule has 3 aliphatic heterocycles. The van der Waals surface area contributed by atoms with Gasteiger partial charge in [0.1, 0.15) is 13.2 Å². The lowest BCUT2D eigenvalue weighted by Gasteiger charge is -2.24. The smallest absolute Gasteiger partial charge is 0.243 e. The third-order valence-electron chi connectivity index (χ3n) is 5.02. The Labute approximate surface area is 158 Å². The highest BCUT2D eigenvalue weighted by atomic mass is 32.2. The van der Waals surface area contributed by atoms with Gasteiger partial charge in [-0.05, 0) is 23.3 Å². The molecule has 0 bridgehead atoms. The number of sulfonamides is 1. The summed E-state index contributed by atoms with van der Waals surface area (Å²) in [4.78, 5) is 14.1. The van der Waals surface area contributed by atoms with Crippen molar-refractivity contribution in [3.63, 3.8) is 0 Å². The molecule has 0 spiro atoms. The molecule has 4 rings (SSSR count). The molecule has 1 amide bonds. The molecule has 27 heavy (non-hydrogen) atoms. The summed E-state index contributed by atoms with van der Waals surface area (Å²) in [6.07, 6.45) is 0.344. The molecule has 3 heterocycles. The van der Waals surface area contributed by atoms with E-state index in [1.807, 2.05) is 0 Å². The van der Waals surface area contributed by atoms with Gasteiger partial charge in [-0.3, -0.25) is 4.79 Å². The van der Waals surface area contributed by atoms with Crippen molar-refractivity contribution in [1.82, 2.24) is 9.21 Å². The average molecular weight is 394 g/mol. The van der Waals surface area contributed by atoms with Crippen LogP contribution in [0.4, 0.5) is 0 Å². The van der Waals surface area contributed by atoms with Crippen LogP contribution in [0.15, 0.2) is 34.2 Å². The van der Waals surface area contributed by atoms with E-state index in [4.69, 9.17) is 14.2 Å². The fourth-order valence-electron chi connectivity index (χ4n) is 3.57. The van der Waals surface area contributed by atoms with E-state index in [9.17, 15) is 13.2 Å². The lowest BCUT2D eigenvalue weighted by atomic mass is 10.2. The first-order valence-corrected chi connectivity index (χ1v) is 10.3. The van der Waals surface area contributed by atoms with Crippen molar-refractivity contribution in [3.8, 4) is 11.5 Å². The Morgan fingerprint density at radius 3 is 2.41 bits per heavy atom. The van der Waals surface area contributed by atoms with Gasteiger partial charge in [-0.2, -0.15) is 4.31 Å². The highest BCUT2D eigenvalue weighted by Crippen LogP contribution is 2.35. The number of fused-ring (bicyclic) bond motifs is 1. The number of carbonyl (C=O) groups is 1. The third-order valence-corrected chi connectivity index (χ3v) is 6.81. The quantitative estimate of drug-likeness (QED) is 0.682. The Hall–Kier alpha value is -2.10. The zero-order chi connectivity index (χ0) is 19.0. The van der Waals surface area contributed by atoms with E-state index in [0.29, 0.717) is 63.9 Å². The number of nitrogens with zero attached hydrogens (tertiary/aromatic N) is 2. The summed E-state index contributed by atoms with van der Waals surface area (Å²) >= 11 is 0. The van der Waals surface area contributed by atoms with E-state index in [1.165, 1.54) is 10.4 Å². The highest BCUT2D eigenvalue weighted by Gasteiger charge is 2.37. The SMILES string of the molecule is COCCC(=O)N1CC2=C(C1)CN(S(=O)(=O)c1ccc3c(c1)OCCO3)C2. The van der Waals surface area contributed by atoms with Gasteiger partial charge in [-0.15, -0.1) is 0 Å². The van der Waals surface area contributed by atoms with Gasteiger partial charge in [0.2, 0.25) is 15.9 Å². The zero-order valence-electron chi connectivity index (χ0n) is 15.1. The lowest BCUT2D eigenvalue weighted by molar-refractivity contribution is -0.130. The molecule has 8 nitrogen and oxygen atoms in total. The van der Waals surface area contributed by atoms with Crippen LogP contribution in [0.1, 0.15) is 6.42 Å². The zero-order valence-corrected chi connectivity index (χ0v) is 16.0. The van der Waals surface area contributed by atoms with Crippen molar-refractivity contribution in [1.29, 1.82) is 0 Å². The van der Waals surface area contributed by atoms with Gasteiger partial charge in [-0.1, -0.05) is 0 Å². The van der Waals surface area contributed by atoms with Crippen molar-refractivity contribution in [2.45, 2.75) is 11.3 Å². The summed E-state index contributed by atoms with van der Waals surface area (Å²) in [7, 11) is -2.07. The van der Waals surface area contributed by atoms with Crippen molar-refractivity contribution < 1.29 is 27.4 Å². The van der Waals surface area contributed by atoms with Crippen LogP contribution in [0.25, 0.3) is 0 Å². The molecule has 1 aromatic rings. The standard InChI is InChI=1S/C18H22N2O6S/c1-24-5-4-18(21)19-9-13-11-20(12-14(13)10-19)27(22,23)15-2-3-16-17(8-15)26-7-6-25-16/h2-3,8H,4-7,9-12H2,1H3. The van der Waals surface area contributed by atoms with E-state index in [2.05, 4.69) is 0 Å². The minimum Gasteiger partial charge on any atom is -0.486 e. The summed E-state index contributed by atoms with van der Waals surface area (Å²) in [6.45, 7) is 2.88. The highest BCUT2D eigenvalue weighted by molar-refractivity contribution is 7.89. The van der Waals surface area contributed by atoms with Crippen LogP contribution in [0, 0.1) is 0 Å². The Bertz CT molecular complexity index is 877. The number of hydrogen-bond donors (Lipinski definition) is 0. The van der Waals surface area contributed by atoms with E-state index in [-0.39, 0.29) is 10.8 Å². The van der Waals surface area contributed by atoms with Crippen LogP contribution in [0.2, 0.25) is 0 Å². The van der Waals surface area contributed by atoms with Crippen molar-refractivity contribution in [2.24, 2.45) is 0 Å². The van der Waals surface area contributed by atoms with Gasteiger partial charge in [-0.25, -0.2) is 8.42 Å². The second-order valence-corrected chi connectivity index (χ2v) is 8.72. The molecule has 0 unspecified atom stereocenters. The molecule has 0 aliphatic carbocycles. The monoisotopic (exact) mass is 394 g/mol. The number of amides is 1. The normalized spacial score (nSPS) is 19.5. The van der Waals surface area contributed by atoms with Crippen molar-refractivity contribution in [2.75, 3.05) is 53.1 Å². The Morgan fingerprint density at radius 2 is 1.74 bits per heavy atom. The Balaban J connectivity index is 1.44. The summed E-state index contributed by atoms with van der Waals surface area (Å²) in [6, 6.07) is 4.70. The molecule has 0 saturated heterocycles. The van der Waals surface area contributed by atoms with E-state index in [1.54, 1.807) is 24.1 Å². The second kappa shape index (κ2) is 7.14. The van der Waals surface area contributed by atoms with Crippen molar-refractivity contribution in [3.05, 3.63) is 29.3 Å². The number of rotatable bonds is 5. The molecule has 3 aliphatic rings. The predicted molar refractivity (Wildman–Crippen MR) is 96.3 cm³/mol. The number of carbonyl (C=O) groups excluding carboxylic acids is 1. The van der Waals surface area contributed by atoms with Gasteiger partial charge in [0.05, 0.1) is 17.9 Å². The summed E-state index contributed by atoms with van der Waals surface area (Å²) in [5, 5.41) is 0. The van der Waals surface area contributed by atoms with Crippen LogP contribution in [0.3, 0.4) is 0 Å². The van der Waals surface area contributed by atoms with Crippen molar-refractivity contribution >= 4 is 15.9 Å². The van der Waals surface area contributed by atoms with Gasteiger partial charge in [0, 0.05) is 39.4 Å². The number of ether oxygens (including phenoxy) is 3. The number of methoxy groups -OCH3 is 1. The molecule has 0 saturated carbocycles. The van der Waals surface area contributed by atoms with Crippen LogP contribution < -0.4 is 9.47 Å². The predicted octanol–water partition coefficient (Wildman–Crippen LogP) is 0.637. The maximum Gasteiger partial charge on any atom is 0.243 e. The molecule has 0 aromatic heterocycles. The third kappa shape index (κ3) is 3.42. The van der Waals surface area contributed by atoms with E-state index < -0.39 is 10.0 Å². The van der Waals surface area contributed by atoms with Crippen LogP contribution in [0.5, 0.6) is 11.5 Å². The first kappa shape index (κ1) is 18.3. The van der Waals surface area contributed by atoms with Crippen LogP contribution in [-0.2, 0) is 19.6 Å². The molecular formula is C18H22N2O6S. The van der Waals surface area contributed by atoms with Gasteiger partial charge >= 0.3 is 0 Å². The van der Waals surface area contributed by atoms with E-state index >= 15 is 0 Å². The first-order valence-electron chi connectivity index (χ1n) is 8.85. The van der Waals surface area contributed by atoms with Gasteiger partial charge in [0.25, 0.3) is 0 Å². The van der Waals surface area contributed by atoms with Crippen LogP contribution >= 0.6 is 0 Å². The largest absolute Gasteiger partial charge is 0.486 e. The minimum absolute atomic E-state index is 0.0347. The number of benzene rings is 1. The molecule has 0 fully saturated rings. The fraction of sp³-hybridized carbons (Fsp3) is 0.500.